The predicted molar refractivity (Wildman–Crippen MR) is 161 cm³/mol. The molecule has 2 saturated carbocycles. The average Bonchev–Trinajstić information content (AvgIpc) is 2.94. The minimum atomic E-state index is -0.236. The van der Waals surface area contributed by atoms with Crippen LogP contribution in [0.15, 0.2) is 30.3 Å². The number of rotatable bonds is 12. The van der Waals surface area contributed by atoms with E-state index in [9.17, 15) is 9.59 Å². The smallest absolute Gasteiger partial charge is 0.308 e. The number of carbonyl (C=O) groups excluding carboxylic acids is 2. The molecule has 9 atom stereocenters. The van der Waals surface area contributed by atoms with Crippen molar-refractivity contribution in [2.24, 2.45) is 29.6 Å². The highest BCUT2D eigenvalue weighted by molar-refractivity contribution is 5.72. The molecule has 7 heteroatoms. The molecule has 4 rings (SSSR count). The van der Waals surface area contributed by atoms with Crippen molar-refractivity contribution in [1.82, 2.24) is 0 Å². The zero-order chi connectivity index (χ0) is 30.3. The molecule has 7 nitrogen and oxygen atoms in total. The van der Waals surface area contributed by atoms with Crippen LogP contribution in [0.2, 0.25) is 0 Å². The van der Waals surface area contributed by atoms with Crippen LogP contribution >= 0.6 is 0 Å². The van der Waals surface area contributed by atoms with E-state index in [1.807, 2.05) is 44.2 Å². The van der Waals surface area contributed by atoms with Gasteiger partial charge in [0.2, 0.25) is 0 Å². The molecule has 42 heavy (non-hydrogen) atoms. The summed E-state index contributed by atoms with van der Waals surface area (Å²) in [7, 11) is 0. The first kappa shape index (κ1) is 32.9. The van der Waals surface area contributed by atoms with Crippen LogP contribution in [0.4, 0.5) is 0 Å². The first-order chi connectivity index (χ1) is 20.0. The summed E-state index contributed by atoms with van der Waals surface area (Å²) in [5.41, 5.74) is 0.856. The van der Waals surface area contributed by atoms with Crippen molar-refractivity contribution in [1.29, 1.82) is 0 Å². The maximum Gasteiger partial charge on any atom is 0.308 e. The molecule has 1 aliphatic heterocycles. The average molecular weight is 587 g/mol. The van der Waals surface area contributed by atoms with E-state index in [0.717, 1.165) is 50.5 Å². The van der Waals surface area contributed by atoms with E-state index < -0.39 is 0 Å². The van der Waals surface area contributed by atoms with E-state index >= 15 is 0 Å². The van der Waals surface area contributed by atoms with Gasteiger partial charge in [0.1, 0.15) is 19.0 Å². The Morgan fingerprint density at radius 1 is 1.05 bits per heavy atom. The van der Waals surface area contributed by atoms with Crippen molar-refractivity contribution in [3.8, 4) is 0 Å². The van der Waals surface area contributed by atoms with Crippen molar-refractivity contribution in [3.63, 3.8) is 0 Å². The molecular weight excluding hydrogens is 532 g/mol. The number of hydrogen-bond acceptors (Lipinski definition) is 7. The molecule has 1 aromatic carbocycles. The van der Waals surface area contributed by atoms with E-state index in [4.69, 9.17) is 23.7 Å². The van der Waals surface area contributed by atoms with Gasteiger partial charge in [-0.2, -0.15) is 0 Å². The number of benzene rings is 1. The van der Waals surface area contributed by atoms with E-state index in [1.165, 1.54) is 0 Å². The van der Waals surface area contributed by atoms with Crippen LogP contribution in [0.3, 0.4) is 0 Å². The third-order valence-corrected chi connectivity index (χ3v) is 9.59. The summed E-state index contributed by atoms with van der Waals surface area (Å²) in [6.45, 7) is 13.3. The Balaban J connectivity index is 1.36. The standard InChI is InChI=1S/C35H54O7/c1-7-23(2)34(37)41-31-19-29(42-35(4,5)6)17-26-14-13-24(3)30(33(26)31)16-15-27-18-28(20-32(36)40-27)39-22-38-21-25-11-9-8-10-12-25/h8-12,23-24,26-31,33H,7,13-22H2,1-6H3. The zero-order valence-corrected chi connectivity index (χ0v) is 26.7. The Bertz CT molecular complexity index is 989. The second kappa shape index (κ2) is 15.2. The number of carbonyl (C=O) groups is 2. The van der Waals surface area contributed by atoms with Gasteiger partial charge in [0.05, 0.1) is 36.8 Å². The molecule has 1 heterocycles. The predicted octanol–water partition coefficient (Wildman–Crippen LogP) is 7.25. The summed E-state index contributed by atoms with van der Waals surface area (Å²) in [6.07, 6.45) is 7.11. The fourth-order valence-electron chi connectivity index (χ4n) is 7.35. The zero-order valence-electron chi connectivity index (χ0n) is 26.7. The van der Waals surface area contributed by atoms with Crippen molar-refractivity contribution < 1.29 is 33.3 Å². The van der Waals surface area contributed by atoms with Gasteiger partial charge >= 0.3 is 11.9 Å². The Morgan fingerprint density at radius 3 is 2.52 bits per heavy atom. The Morgan fingerprint density at radius 2 is 1.81 bits per heavy atom. The fourth-order valence-corrected chi connectivity index (χ4v) is 7.35. The summed E-state index contributed by atoms with van der Waals surface area (Å²) in [5.74, 6) is 1.30. The second-order valence-corrected chi connectivity index (χ2v) is 14.0. The maximum absolute atomic E-state index is 13.0. The SMILES string of the molecule is CCC(C)C(=O)OC1CC(OC(C)(C)C)CC2CCC(C)C(CCC3CC(OCOCc4ccccc4)CC(=O)O3)C21. The minimum Gasteiger partial charge on any atom is -0.462 e. The van der Waals surface area contributed by atoms with E-state index in [0.29, 0.717) is 36.7 Å². The highest BCUT2D eigenvalue weighted by Crippen LogP contribution is 2.50. The van der Waals surface area contributed by atoms with E-state index in [-0.39, 0.29) is 61.1 Å². The largest absolute Gasteiger partial charge is 0.462 e. The van der Waals surface area contributed by atoms with Crippen molar-refractivity contribution in [2.75, 3.05) is 6.79 Å². The Hall–Kier alpha value is -1.96. The van der Waals surface area contributed by atoms with Crippen molar-refractivity contribution in [2.45, 2.75) is 136 Å². The number of fused-ring (bicyclic) bond motifs is 1. The monoisotopic (exact) mass is 586 g/mol. The summed E-state index contributed by atoms with van der Waals surface area (Å²) in [5, 5.41) is 0. The Kier molecular flexibility index (Phi) is 11.9. The number of hydrogen-bond donors (Lipinski definition) is 0. The van der Waals surface area contributed by atoms with E-state index in [1.54, 1.807) is 0 Å². The van der Waals surface area contributed by atoms with Crippen LogP contribution in [-0.4, -0.2) is 48.7 Å². The van der Waals surface area contributed by atoms with Crippen LogP contribution in [0.1, 0.15) is 105 Å². The van der Waals surface area contributed by atoms with Crippen molar-refractivity contribution >= 4 is 11.9 Å². The molecular formula is C35H54O7. The second-order valence-electron chi connectivity index (χ2n) is 14.0. The number of esters is 2. The summed E-state index contributed by atoms with van der Waals surface area (Å²) in [6, 6.07) is 9.99. The van der Waals surface area contributed by atoms with Gasteiger partial charge in [-0.25, -0.2) is 0 Å². The van der Waals surface area contributed by atoms with Crippen LogP contribution in [-0.2, 0) is 39.9 Å². The van der Waals surface area contributed by atoms with Crippen LogP contribution in [0.25, 0.3) is 0 Å². The molecule has 0 spiro atoms. The molecule has 9 unspecified atom stereocenters. The molecule has 1 saturated heterocycles. The number of cyclic esters (lactones) is 1. The van der Waals surface area contributed by atoms with Gasteiger partial charge in [0, 0.05) is 18.8 Å². The number of ether oxygens (including phenoxy) is 5. The lowest BCUT2D eigenvalue weighted by molar-refractivity contribution is -0.182. The van der Waals surface area contributed by atoms with Gasteiger partial charge in [-0.05, 0) is 76.2 Å². The fraction of sp³-hybridized carbons (Fsp3) is 0.771. The van der Waals surface area contributed by atoms with Gasteiger partial charge in [0.25, 0.3) is 0 Å². The molecule has 3 aliphatic rings. The van der Waals surface area contributed by atoms with Crippen LogP contribution in [0, 0.1) is 29.6 Å². The molecule has 0 amide bonds. The van der Waals surface area contributed by atoms with Gasteiger partial charge in [0.15, 0.2) is 0 Å². The maximum atomic E-state index is 13.0. The third kappa shape index (κ3) is 9.52. The highest BCUT2D eigenvalue weighted by atomic mass is 16.7. The van der Waals surface area contributed by atoms with Gasteiger partial charge in [-0.1, -0.05) is 57.5 Å². The molecule has 236 valence electrons. The summed E-state index contributed by atoms with van der Waals surface area (Å²) < 4.78 is 30.2. The first-order valence-electron chi connectivity index (χ1n) is 16.3. The van der Waals surface area contributed by atoms with E-state index in [2.05, 4.69) is 27.7 Å². The molecule has 0 N–H and O–H groups in total. The third-order valence-electron chi connectivity index (χ3n) is 9.59. The molecule has 0 bridgehead atoms. The lowest BCUT2D eigenvalue weighted by atomic mass is 9.59. The summed E-state index contributed by atoms with van der Waals surface area (Å²) in [4.78, 5) is 25.5. The molecule has 3 fully saturated rings. The lowest BCUT2D eigenvalue weighted by Gasteiger charge is -2.51. The quantitative estimate of drug-likeness (QED) is 0.145. The highest BCUT2D eigenvalue weighted by Gasteiger charge is 2.49. The normalized spacial score (nSPS) is 32.5. The van der Waals surface area contributed by atoms with Gasteiger partial charge < -0.3 is 23.7 Å². The van der Waals surface area contributed by atoms with Crippen LogP contribution < -0.4 is 0 Å². The lowest BCUT2D eigenvalue weighted by Crippen LogP contribution is -2.50. The summed E-state index contributed by atoms with van der Waals surface area (Å²) >= 11 is 0. The Labute approximate surface area is 253 Å². The van der Waals surface area contributed by atoms with Gasteiger partial charge in [-0.15, -0.1) is 0 Å². The molecule has 1 aromatic rings. The minimum absolute atomic E-state index is 0.0923. The first-order valence-corrected chi connectivity index (χ1v) is 16.3. The molecule has 0 radical (unpaired) electrons. The molecule has 2 aliphatic carbocycles. The van der Waals surface area contributed by atoms with Crippen molar-refractivity contribution in [3.05, 3.63) is 35.9 Å². The topological polar surface area (TPSA) is 80.3 Å². The van der Waals surface area contributed by atoms with Crippen LogP contribution in [0.5, 0.6) is 0 Å². The molecule has 0 aromatic heterocycles. The van der Waals surface area contributed by atoms with Gasteiger partial charge in [-0.3, -0.25) is 9.59 Å².